The van der Waals surface area contributed by atoms with E-state index in [4.69, 9.17) is 11.6 Å². The summed E-state index contributed by atoms with van der Waals surface area (Å²) in [5, 5.41) is 3.39. The van der Waals surface area contributed by atoms with Gasteiger partial charge in [0.05, 0.1) is 17.1 Å². The Morgan fingerprint density at radius 2 is 1.56 bits per heavy atom. The largest absolute Gasteiger partial charge is 0.372 e. The third-order valence-electron chi connectivity index (χ3n) is 6.91. The van der Waals surface area contributed by atoms with E-state index >= 15 is 0 Å². The molecule has 0 spiro atoms. The van der Waals surface area contributed by atoms with E-state index in [1.807, 2.05) is 31.2 Å². The molecule has 4 aromatic rings. The highest BCUT2D eigenvalue weighted by atomic mass is 35.5. The van der Waals surface area contributed by atoms with E-state index in [9.17, 15) is 13.2 Å². The second-order valence-electron chi connectivity index (χ2n) is 9.65. The molecule has 200 valence electrons. The molecule has 39 heavy (non-hydrogen) atoms. The first-order valence-electron chi connectivity index (χ1n) is 12.9. The van der Waals surface area contributed by atoms with Gasteiger partial charge in [0.25, 0.3) is 15.9 Å². The Morgan fingerprint density at radius 1 is 0.897 bits per heavy atom. The number of sulfonamides is 1. The Hall–Kier alpha value is -3.81. The summed E-state index contributed by atoms with van der Waals surface area (Å²) in [6.07, 6.45) is 2.42. The fourth-order valence-corrected chi connectivity index (χ4v) is 6.43. The summed E-state index contributed by atoms with van der Waals surface area (Å²) in [6.45, 7) is 4.07. The van der Waals surface area contributed by atoms with Gasteiger partial charge < -0.3 is 10.2 Å². The minimum Gasteiger partial charge on any atom is -0.372 e. The molecule has 0 bridgehead atoms. The van der Waals surface area contributed by atoms with Crippen LogP contribution in [-0.2, 0) is 16.6 Å². The monoisotopic (exact) mass is 559 g/mol. The summed E-state index contributed by atoms with van der Waals surface area (Å²) in [5.41, 5.74) is 4.40. The number of anilines is 3. The Bertz CT molecular complexity index is 1550. The topological polar surface area (TPSA) is 69.7 Å². The number of hydrogen-bond donors (Lipinski definition) is 1. The zero-order valence-electron chi connectivity index (χ0n) is 21.7. The predicted octanol–water partition coefficient (Wildman–Crippen LogP) is 6.90. The molecule has 1 fully saturated rings. The molecule has 0 aliphatic carbocycles. The van der Waals surface area contributed by atoms with Crippen LogP contribution in [0.15, 0.2) is 102 Å². The van der Waals surface area contributed by atoms with Crippen molar-refractivity contribution in [1.29, 1.82) is 0 Å². The van der Waals surface area contributed by atoms with E-state index in [-0.39, 0.29) is 17.3 Å². The van der Waals surface area contributed by atoms with Crippen LogP contribution in [0.1, 0.15) is 34.3 Å². The van der Waals surface area contributed by atoms with Crippen LogP contribution in [0.4, 0.5) is 17.1 Å². The highest BCUT2D eigenvalue weighted by Crippen LogP contribution is 2.31. The molecule has 8 heteroatoms. The lowest BCUT2D eigenvalue weighted by atomic mass is 10.1. The summed E-state index contributed by atoms with van der Waals surface area (Å²) in [5.74, 6) is -0.227. The highest BCUT2D eigenvalue weighted by Gasteiger charge is 2.26. The first-order valence-corrected chi connectivity index (χ1v) is 14.7. The number of aryl methyl sites for hydroxylation is 1. The average Bonchev–Trinajstić information content (AvgIpc) is 3.49. The smallest absolute Gasteiger partial charge is 0.264 e. The van der Waals surface area contributed by atoms with Crippen LogP contribution < -0.4 is 14.5 Å². The molecular formula is C31H30ClN3O3S. The van der Waals surface area contributed by atoms with Crippen molar-refractivity contribution in [2.75, 3.05) is 27.6 Å². The van der Waals surface area contributed by atoms with Crippen molar-refractivity contribution in [3.8, 4) is 0 Å². The van der Waals surface area contributed by atoms with E-state index in [1.54, 1.807) is 72.8 Å². The number of carbonyl (C=O) groups excluding carboxylic acids is 1. The standard InChI is InChI=1S/C31H30ClN3O3S/c1-23-9-14-26(32)21-30(23)35(39(37,38)29-7-3-2-4-8-29)22-24-10-12-25(13-11-24)31(36)33-27-15-17-28(18-16-27)34-19-5-6-20-34/h2-4,7-18,21H,5-6,19-20,22H2,1H3,(H,33,36). The van der Waals surface area contributed by atoms with Gasteiger partial charge in [0.1, 0.15) is 0 Å². The van der Waals surface area contributed by atoms with Gasteiger partial charge in [-0.15, -0.1) is 0 Å². The van der Waals surface area contributed by atoms with Crippen molar-refractivity contribution in [1.82, 2.24) is 0 Å². The van der Waals surface area contributed by atoms with E-state index in [2.05, 4.69) is 10.2 Å². The summed E-state index contributed by atoms with van der Waals surface area (Å²) < 4.78 is 28.8. The van der Waals surface area contributed by atoms with Gasteiger partial charge in [-0.1, -0.05) is 48.0 Å². The Morgan fingerprint density at radius 3 is 2.23 bits per heavy atom. The minimum atomic E-state index is -3.88. The second kappa shape index (κ2) is 11.5. The number of halogens is 1. The number of amides is 1. The molecule has 0 atom stereocenters. The van der Waals surface area contributed by atoms with Crippen LogP contribution in [0, 0.1) is 6.92 Å². The summed E-state index contributed by atoms with van der Waals surface area (Å²) in [6, 6.07) is 28.4. The molecule has 5 rings (SSSR count). The van der Waals surface area contributed by atoms with Crippen molar-refractivity contribution in [3.63, 3.8) is 0 Å². The van der Waals surface area contributed by atoms with Crippen LogP contribution in [0.5, 0.6) is 0 Å². The van der Waals surface area contributed by atoms with Gasteiger partial charge in [-0.2, -0.15) is 0 Å². The molecular weight excluding hydrogens is 530 g/mol. The minimum absolute atomic E-state index is 0.0816. The second-order valence-corrected chi connectivity index (χ2v) is 11.9. The van der Waals surface area contributed by atoms with Crippen molar-refractivity contribution < 1.29 is 13.2 Å². The van der Waals surface area contributed by atoms with Gasteiger partial charge in [0, 0.05) is 35.1 Å². The van der Waals surface area contributed by atoms with Crippen LogP contribution in [0.2, 0.25) is 5.02 Å². The van der Waals surface area contributed by atoms with Gasteiger partial charge in [0.2, 0.25) is 0 Å². The maximum Gasteiger partial charge on any atom is 0.264 e. The average molecular weight is 560 g/mol. The molecule has 4 aromatic carbocycles. The molecule has 1 aliphatic rings. The van der Waals surface area contributed by atoms with Gasteiger partial charge in [-0.3, -0.25) is 9.10 Å². The number of nitrogens with zero attached hydrogens (tertiary/aromatic N) is 2. The predicted molar refractivity (Wildman–Crippen MR) is 158 cm³/mol. The molecule has 0 radical (unpaired) electrons. The summed E-state index contributed by atoms with van der Waals surface area (Å²) in [4.78, 5) is 15.4. The molecule has 1 heterocycles. The number of nitrogens with one attached hydrogen (secondary N) is 1. The number of benzene rings is 4. The Kier molecular flexibility index (Phi) is 7.91. The Labute approximate surface area is 234 Å². The molecule has 0 aromatic heterocycles. The molecule has 0 saturated carbocycles. The maximum absolute atomic E-state index is 13.7. The first-order chi connectivity index (χ1) is 18.8. The molecule has 1 saturated heterocycles. The van der Waals surface area contributed by atoms with Crippen molar-refractivity contribution in [3.05, 3.63) is 119 Å². The van der Waals surface area contributed by atoms with E-state index in [0.717, 1.165) is 29.9 Å². The van der Waals surface area contributed by atoms with Crippen molar-refractivity contribution in [2.45, 2.75) is 31.2 Å². The lowest BCUT2D eigenvalue weighted by Crippen LogP contribution is -2.31. The van der Waals surface area contributed by atoms with E-state index in [1.165, 1.54) is 22.8 Å². The van der Waals surface area contributed by atoms with Gasteiger partial charge in [-0.05, 0) is 91.6 Å². The summed E-state index contributed by atoms with van der Waals surface area (Å²) >= 11 is 6.26. The number of rotatable bonds is 8. The summed E-state index contributed by atoms with van der Waals surface area (Å²) in [7, 11) is -3.88. The highest BCUT2D eigenvalue weighted by molar-refractivity contribution is 7.92. The van der Waals surface area contributed by atoms with Crippen molar-refractivity contribution >= 4 is 44.6 Å². The van der Waals surface area contributed by atoms with E-state index < -0.39 is 10.0 Å². The van der Waals surface area contributed by atoms with Crippen molar-refractivity contribution in [2.24, 2.45) is 0 Å². The molecule has 1 aliphatic heterocycles. The normalized spacial score (nSPS) is 13.3. The third kappa shape index (κ3) is 6.10. The van der Waals surface area contributed by atoms with Crippen LogP contribution in [0.3, 0.4) is 0 Å². The van der Waals surface area contributed by atoms with Crippen LogP contribution >= 0.6 is 11.6 Å². The maximum atomic E-state index is 13.7. The van der Waals surface area contributed by atoms with Gasteiger partial charge in [-0.25, -0.2) is 8.42 Å². The third-order valence-corrected chi connectivity index (χ3v) is 8.92. The lowest BCUT2D eigenvalue weighted by molar-refractivity contribution is 0.102. The number of hydrogen-bond acceptors (Lipinski definition) is 4. The van der Waals surface area contributed by atoms with Crippen LogP contribution in [-0.4, -0.2) is 27.4 Å². The van der Waals surface area contributed by atoms with Gasteiger partial charge >= 0.3 is 0 Å². The fourth-order valence-electron chi connectivity index (χ4n) is 4.73. The zero-order chi connectivity index (χ0) is 27.4. The zero-order valence-corrected chi connectivity index (χ0v) is 23.3. The van der Waals surface area contributed by atoms with Crippen LogP contribution in [0.25, 0.3) is 0 Å². The first kappa shape index (κ1) is 26.8. The molecule has 6 nitrogen and oxygen atoms in total. The quantitative estimate of drug-likeness (QED) is 0.255. The molecule has 1 N–H and O–H groups in total. The van der Waals surface area contributed by atoms with E-state index in [0.29, 0.717) is 16.3 Å². The lowest BCUT2D eigenvalue weighted by Gasteiger charge is -2.26. The van der Waals surface area contributed by atoms with Gasteiger partial charge in [0.15, 0.2) is 0 Å². The molecule has 1 amide bonds. The number of carbonyl (C=O) groups is 1. The molecule has 0 unspecified atom stereocenters. The SMILES string of the molecule is Cc1ccc(Cl)cc1N(Cc1ccc(C(=O)Nc2ccc(N3CCCC3)cc2)cc1)S(=O)(=O)c1ccccc1. The Balaban J connectivity index is 1.35. The fraction of sp³-hybridized carbons (Fsp3) is 0.194.